The van der Waals surface area contributed by atoms with Crippen LogP contribution in [-0.2, 0) is 9.53 Å². The highest BCUT2D eigenvalue weighted by Crippen LogP contribution is 2.27. The van der Waals surface area contributed by atoms with E-state index in [1.54, 1.807) is 13.0 Å². The van der Waals surface area contributed by atoms with Crippen LogP contribution >= 0.6 is 11.6 Å². The fourth-order valence-corrected chi connectivity index (χ4v) is 1.91. The zero-order valence-electron chi connectivity index (χ0n) is 11.5. The highest BCUT2D eigenvalue weighted by Gasteiger charge is 2.10. The van der Waals surface area contributed by atoms with Gasteiger partial charge in [-0.05, 0) is 38.1 Å². The monoisotopic (exact) mass is 285 g/mol. The number of carbonyl (C=O) groups is 1. The summed E-state index contributed by atoms with van der Waals surface area (Å²) < 4.78 is 10.1. The van der Waals surface area contributed by atoms with Crippen molar-refractivity contribution in [2.75, 3.05) is 19.8 Å². The Hall–Kier alpha value is -1.26. The second kappa shape index (κ2) is 8.02. The van der Waals surface area contributed by atoms with Crippen LogP contribution in [0.3, 0.4) is 0 Å². The molecular formula is C14H20ClNO3. The maximum Gasteiger partial charge on any atom is 0.344 e. The van der Waals surface area contributed by atoms with Gasteiger partial charge in [-0.25, -0.2) is 4.79 Å². The van der Waals surface area contributed by atoms with Crippen molar-refractivity contribution in [2.24, 2.45) is 0 Å². The van der Waals surface area contributed by atoms with Crippen molar-refractivity contribution in [3.8, 4) is 5.75 Å². The lowest BCUT2D eigenvalue weighted by Gasteiger charge is -2.14. The Balaban J connectivity index is 2.64. The first-order valence-corrected chi connectivity index (χ1v) is 6.77. The summed E-state index contributed by atoms with van der Waals surface area (Å²) in [6.45, 7) is 6.97. The Bertz CT molecular complexity index is 423. The number of esters is 1. The van der Waals surface area contributed by atoms with Crippen LogP contribution in [0, 0.1) is 0 Å². The number of hydrogen-bond acceptors (Lipinski definition) is 4. The van der Waals surface area contributed by atoms with Gasteiger partial charge in [-0.2, -0.15) is 0 Å². The third-order valence-electron chi connectivity index (χ3n) is 2.62. The van der Waals surface area contributed by atoms with Gasteiger partial charge in [-0.3, -0.25) is 0 Å². The fourth-order valence-electron chi connectivity index (χ4n) is 1.67. The molecule has 0 bridgehead atoms. The lowest BCUT2D eigenvalue weighted by atomic mass is 10.1. The van der Waals surface area contributed by atoms with Crippen molar-refractivity contribution in [1.29, 1.82) is 0 Å². The molecule has 0 aliphatic rings. The van der Waals surface area contributed by atoms with Crippen molar-refractivity contribution in [1.82, 2.24) is 5.32 Å². The summed E-state index contributed by atoms with van der Waals surface area (Å²) in [6.07, 6.45) is 0. The fraction of sp³-hybridized carbons (Fsp3) is 0.500. The Morgan fingerprint density at radius 1 is 1.42 bits per heavy atom. The maximum atomic E-state index is 11.2. The standard InChI is InChI=1S/C14H20ClNO3/c1-4-16-10(3)11-6-7-13(12(15)8-11)19-9-14(17)18-5-2/h6-8,10,16H,4-5,9H2,1-3H3. The lowest BCUT2D eigenvalue weighted by molar-refractivity contribution is -0.145. The van der Waals surface area contributed by atoms with E-state index in [2.05, 4.69) is 19.2 Å². The number of benzene rings is 1. The minimum Gasteiger partial charge on any atom is -0.480 e. The third kappa shape index (κ3) is 5.09. The van der Waals surface area contributed by atoms with Crippen molar-refractivity contribution >= 4 is 17.6 Å². The van der Waals surface area contributed by atoms with Gasteiger partial charge in [0.1, 0.15) is 5.75 Å². The van der Waals surface area contributed by atoms with Gasteiger partial charge in [-0.1, -0.05) is 24.6 Å². The summed E-state index contributed by atoms with van der Waals surface area (Å²) in [6, 6.07) is 5.77. The number of carbonyl (C=O) groups excluding carboxylic acids is 1. The average Bonchev–Trinajstić information content (AvgIpc) is 2.38. The predicted octanol–water partition coefficient (Wildman–Crippen LogP) is 2.95. The predicted molar refractivity (Wildman–Crippen MR) is 75.7 cm³/mol. The first-order valence-electron chi connectivity index (χ1n) is 6.39. The molecule has 106 valence electrons. The van der Waals surface area contributed by atoms with E-state index in [1.807, 2.05) is 12.1 Å². The highest BCUT2D eigenvalue weighted by atomic mass is 35.5. The minimum atomic E-state index is -0.399. The zero-order chi connectivity index (χ0) is 14.3. The summed E-state index contributed by atoms with van der Waals surface area (Å²) in [7, 11) is 0. The molecule has 0 aliphatic heterocycles. The Morgan fingerprint density at radius 3 is 2.74 bits per heavy atom. The molecule has 0 radical (unpaired) electrons. The lowest BCUT2D eigenvalue weighted by Crippen LogP contribution is -2.18. The molecule has 0 spiro atoms. The van der Waals surface area contributed by atoms with Gasteiger partial charge in [0.2, 0.25) is 0 Å². The van der Waals surface area contributed by atoms with E-state index < -0.39 is 5.97 Å². The number of rotatable bonds is 7. The number of halogens is 1. The topological polar surface area (TPSA) is 47.6 Å². The molecule has 0 aliphatic carbocycles. The van der Waals surface area contributed by atoms with Crippen LogP contribution in [0.25, 0.3) is 0 Å². The van der Waals surface area contributed by atoms with E-state index in [0.29, 0.717) is 17.4 Å². The number of nitrogens with one attached hydrogen (secondary N) is 1. The van der Waals surface area contributed by atoms with E-state index in [9.17, 15) is 4.79 Å². The summed E-state index contributed by atoms with van der Waals surface area (Å²) in [5.41, 5.74) is 1.08. The summed E-state index contributed by atoms with van der Waals surface area (Å²) in [5.74, 6) is 0.0887. The second-order valence-corrected chi connectivity index (χ2v) is 4.47. The van der Waals surface area contributed by atoms with Crippen LogP contribution in [0.2, 0.25) is 5.02 Å². The third-order valence-corrected chi connectivity index (χ3v) is 2.91. The molecule has 0 saturated carbocycles. The molecule has 5 heteroatoms. The first-order chi connectivity index (χ1) is 9.08. The highest BCUT2D eigenvalue weighted by molar-refractivity contribution is 6.32. The smallest absolute Gasteiger partial charge is 0.344 e. The van der Waals surface area contributed by atoms with Gasteiger partial charge in [0.15, 0.2) is 6.61 Å². The molecule has 1 aromatic rings. The van der Waals surface area contributed by atoms with Crippen LogP contribution < -0.4 is 10.1 Å². The molecule has 0 heterocycles. The Morgan fingerprint density at radius 2 is 2.16 bits per heavy atom. The van der Waals surface area contributed by atoms with Gasteiger partial charge in [0.25, 0.3) is 0 Å². The van der Waals surface area contributed by atoms with E-state index in [1.165, 1.54) is 0 Å². The minimum absolute atomic E-state index is 0.129. The zero-order valence-corrected chi connectivity index (χ0v) is 12.3. The molecule has 19 heavy (non-hydrogen) atoms. The molecule has 1 atom stereocenters. The van der Waals surface area contributed by atoms with Crippen molar-refractivity contribution in [3.63, 3.8) is 0 Å². The van der Waals surface area contributed by atoms with E-state index in [0.717, 1.165) is 12.1 Å². The molecular weight excluding hydrogens is 266 g/mol. The van der Waals surface area contributed by atoms with Crippen LogP contribution in [0.15, 0.2) is 18.2 Å². The van der Waals surface area contributed by atoms with Crippen LogP contribution in [0.1, 0.15) is 32.4 Å². The molecule has 1 aromatic carbocycles. The second-order valence-electron chi connectivity index (χ2n) is 4.06. The van der Waals surface area contributed by atoms with Crippen molar-refractivity contribution < 1.29 is 14.3 Å². The number of hydrogen-bond donors (Lipinski definition) is 1. The summed E-state index contributed by atoms with van der Waals surface area (Å²) >= 11 is 6.13. The molecule has 0 fully saturated rings. The van der Waals surface area contributed by atoms with Gasteiger partial charge in [0, 0.05) is 6.04 Å². The Labute approximate surface area is 119 Å². The van der Waals surface area contributed by atoms with E-state index in [-0.39, 0.29) is 12.6 Å². The molecule has 1 N–H and O–H groups in total. The van der Waals surface area contributed by atoms with Crippen molar-refractivity contribution in [3.05, 3.63) is 28.8 Å². The van der Waals surface area contributed by atoms with E-state index in [4.69, 9.17) is 21.1 Å². The molecule has 4 nitrogen and oxygen atoms in total. The Kier molecular flexibility index (Phi) is 6.67. The summed E-state index contributed by atoms with van der Waals surface area (Å²) in [4.78, 5) is 11.2. The van der Waals surface area contributed by atoms with Gasteiger partial charge < -0.3 is 14.8 Å². The quantitative estimate of drug-likeness (QED) is 0.783. The van der Waals surface area contributed by atoms with Gasteiger partial charge in [0.05, 0.1) is 11.6 Å². The van der Waals surface area contributed by atoms with Crippen LogP contribution in [0.4, 0.5) is 0 Å². The van der Waals surface area contributed by atoms with Gasteiger partial charge >= 0.3 is 5.97 Å². The molecule has 0 saturated heterocycles. The van der Waals surface area contributed by atoms with Crippen molar-refractivity contribution in [2.45, 2.75) is 26.8 Å². The molecule has 1 rings (SSSR count). The van der Waals surface area contributed by atoms with Crippen LogP contribution in [-0.4, -0.2) is 25.7 Å². The molecule has 0 aromatic heterocycles. The van der Waals surface area contributed by atoms with Gasteiger partial charge in [-0.15, -0.1) is 0 Å². The van der Waals surface area contributed by atoms with E-state index >= 15 is 0 Å². The maximum absolute atomic E-state index is 11.2. The summed E-state index contributed by atoms with van der Waals surface area (Å²) in [5, 5.41) is 3.79. The normalized spacial score (nSPS) is 12.0. The largest absolute Gasteiger partial charge is 0.480 e. The number of ether oxygens (including phenoxy) is 2. The van der Waals surface area contributed by atoms with Crippen LogP contribution in [0.5, 0.6) is 5.75 Å². The average molecular weight is 286 g/mol. The molecule has 1 unspecified atom stereocenters. The molecule has 0 amide bonds. The SMILES string of the molecule is CCNC(C)c1ccc(OCC(=O)OCC)c(Cl)c1. The first kappa shape index (κ1) is 15.8.